The molecule has 13 heavy (non-hydrogen) atoms. The van der Waals surface area contributed by atoms with Gasteiger partial charge in [0.25, 0.3) is 0 Å². The zero-order valence-electron chi connectivity index (χ0n) is 7.73. The van der Waals surface area contributed by atoms with Gasteiger partial charge < -0.3 is 5.32 Å². The van der Waals surface area contributed by atoms with Crippen LogP contribution in [0.15, 0.2) is 0 Å². The molecule has 1 saturated carbocycles. The molecule has 0 radical (unpaired) electrons. The van der Waals surface area contributed by atoms with E-state index in [1.807, 2.05) is 0 Å². The van der Waals surface area contributed by atoms with Crippen molar-refractivity contribution in [3.63, 3.8) is 0 Å². The summed E-state index contributed by atoms with van der Waals surface area (Å²) in [5.41, 5.74) is -0.159. The molecule has 2 nitrogen and oxygen atoms in total. The van der Waals surface area contributed by atoms with E-state index in [1.54, 1.807) is 0 Å². The van der Waals surface area contributed by atoms with Gasteiger partial charge in [-0.2, -0.15) is 0 Å². The minimum atomic E-state index is -0.161. The van der Waals surface area contributed by atoms with Crippen molar-refractivity contribution < 1.29 is 4.79 Å². The smallest absolute Gasteiger partial charge is 0.228 e. The highest BCUT2D eigenvalue weighted by Gasteiger charge is 2.63. The van der Waals surface area contributed by atoms with Gasteiger partial charge in [0.1, 0.15) is 0 Å². The monoisotopic (exact) mass is 309 g/mol. The van der Waals surface area contributed by atoms with E-state index in [2.05, 4.69) is 51.0 Å². The molecule has 0 aromatic carbocycles. The first kappa shape index (κ1) is 9.97. The van der Waals surface area contributed by atoms with Gasteiger partial charge >= 0.3 is 0 Å². The highest BCUT2D eigenvalue weighted by atomic mass is 79.9. The highest BCUT2D eigenvalue weighted by molar-refractivity contribution is 9.12. The summed E-state index contributed by atoms with van der Waals surface area (Å²) in [6.45, 7) is 4.21. The summed E-state index contributed by atoms with van der Waals surface area (Å²) in [5, 5.41) is 3.02. The van der Waals surface area contributed by atoms with Crippen molar-refractivity contribution in [3.8, 4) is 0 Å². The van der Waals surface area contributed by atoms with E-state index in [1.165, 1.54) is 0 Å². The van der Waals surface area contributed by atoms with Gasteiger partial charge in [-0.3, -0.25) is 4.79 Å². The van der Waals surface area contributed by atoms with E-state index in [4.69, 9.17) is 0 Å². The Morgan fingerprint density at radius 1 is 1.31 bits per heavy atom. The zero-order valence-corrected chi connectivity index (χ0v) is 10.9. The Labute approximate surface area is 95.1 Å². The fraction of sp³-hybridized carbons (Fsp3) is 0.889. The first-order chi connectivity index (χ1) is 5.89. The Morgan fingerprint density at radius 2 is 1.85 bits per heavy atom. The van der Waals surface area contributed by atoms with E-state index >= 15 is 0 Å². The molecule has 1 aliphatic heterocycles. The van der Waals surface area contributed by atoms with Gasteiger partial charge in [-0.05, 0) is 26.7 Å². The average molecular weight is 311 g/mol. The number of nitrogens with one attached hydrogen (secondary N) is 1. The SMILES string of the molecule is C[C@@]12C[C@@H](Br)[C@@H](Br)C[C@]1(C)NC2=O. The summed E-state index contributed by atoms with van der Waals surface area (Å²) in [6.07, 6.45) is 1.93. The van der Waals surface area contributed by atoms with Crippen LogP contribution in [0.25, 0.3) is 0 Å². The molecule has 1 heterocycles. The summed E-state index contributed by atoms with van der Waals surface area (Å²) in [5.74, 6) is 0.207. The third kappa shape index (κ3) is 1.14. The van der Waals surface area contributed by atoms with Crippen LogP contribution in [0.5, 0.6) is 0 Å². The largest absolute Gasteiger partial charge is 0.349 e. The van der Waals surface area contributed by atoms with Gasteiger partial charge in [0.2, 0.25) is 5.91 Å². The molecule has 0 aromatic heterocycles. The van der Waals surface area contributed by atoms with Crippen molar-refractivity contribution in [2.24, 2.45) is 5.41 Å². The third-order valence-electron chi connectivity index (χ3n) is 3.71. The zero-order chi connectivity index (χ0) is 9.85. The van der Waals surface area contributed by atoms with Gasteiger partial charge in [-0.15, -0.1) is 0 Å². The number of hydrogen-bond acceptors (Lipinski definition) is 1. The second kappa shape index (κ2) is 2.72. The van der Waals surface area contributed by atoms with Crippen LogP contribution < -0.4 is 5.32 Å². The summed E-state index contributed by atoms with van der Waals surface area (Å²) >= 11 is 7.25. The van der Waals surface area contributed by atoms with Crippen LogP contribution in [0.1, 0.15) is 26.7 Å². The Bertz CT molecular complexity index is 270. The van der Waals surface area contributed by atoms with Crippen molar-refractivity contribution >= 4 is 37.8 Å². The molecule has 1 aliphatic carbocycles. The van der Waals surface area contributed by atoms with Crippen LogP contribution >= 0.6 is 31.9 Å². The van der Waals surface area contributed by atoms with E-state index in [-0.39, 0.29) is 16.9 Å². The molecule has 74 valence electrons. The fourth-order valence-electron chi connectivity index (χ4n) is 2.34. The molecule has 1 saturated heterocycles. The van der Waals surface area contributed by atoms with E-state index in [0.29, 0.717) is 9.65 Å². The Balaban J connectivity index is 2.27. The quantitative estimate of drug-likeness (QED) is 0.539. The lowest BCUT2D eigenvalue weighted by Gasteiger charge is -2.60. The van der Waals surface area contributed by atoms with E-state index in [9.17, 15) is 4.79 Å². The van der Waals surface area contributed by atoms with Crippen LogP contribution in [0.4, 0.5) is 0 Å². The molecule has 2 fully saturated rings. The molecule has 1 amide bonds. The second-order valence-corrected chi connectivity index (χ2v) is 6.91. The number of hydrogen-bond donors (Lipinski definition) is 1. The maximum atomic E-state index is 11.5. The molecule has 0 bridgehead atoms. The molecule has 2 aliphatic rings. The molecule has 0 spiro atoms. The lowest BCUT2D eigenvalue weighted by Crippen LogP contribution is -2.77. The van der Waals surface area contributed by atoms with Crippen LogP contribution in [0, 0.1) is 5.41 Å². The summed E-state index contributed by atoms with van der Waals surface area (Å²) < 4.78 is 0. The lowest BCUT2D eigenvalue weighted by molar-refractivity contribution is -0.157. The summed E-state index contributed by atoms with van der Waals surface area (Å²) in [6, 6.07) is 0. The Kier molecular flexibility index (Phi) is 2.09. The maximum Gasteiger partial charge on any atom is 0.228 e. The second-order valence-electron chi connectivity index (χ2n) is 4.56. The van der Waals surface area contributed by atoms with Crippen LogP contribution in [-0.4, -0.2) is 21.1 Å². The van der Waals surface area contributed by atoms with Crippen molar-refractivity contribution in [3.05, 3.63) is 0 Å². The molecule has 2 rings (SSSR count). The first-order valence-electron chi connectivity index (χ1n) is 4.50. The summed E-state index contributed by atoms with van der Waals surface area (Å²) in [4.78, 5) is 12.4. The first-order valence-corrected chi connectivity index (χ1v) is 6.33. The van der Waals surface area contributed by atoms with E-state index < -0.39 is 0 Å². The van der Waals surface area contributed by atoms with Gasteiger partial charge in [0.15, 0.2) is 0 Å². The molecular formula is C9H13Br2NO. The van der Waals surface area contributed by atoms with Crippen molar-refractivity contribution in [2.45, 2.75) is 41.9 Å². The van der Waals surface area contributed by atoms with Gasteiger partial charge in [-0.25, -0.2) is 0 Å². The van der Waals surface area contributed by atoms with Gasteiger partial charge in [0.05, 0.1) is 11.0 Å². The average Bonchev–Trinajstić information content (AvgIpc) is 2.01. The van der Waals surface area contributed by atoms with Crippen molar-refractivity contribution in [2.75, 3.05) is 0 Å². The molecule has 4 heteroatoms. The number of halogens is 2. The molecule has 0 aromatic rings. The Hall–Kier alpha value is 0.430. The minimum Gasteiger partial charge on any atom is -0.349 e. The number of fused-ring (bicyclic) bond motifs is 1. The van der Waals surface area contributed by atoms with Crippen LogP contribution in [0.3, 0.4) is 0 Å². The van der Waals surface area contributed by atoms with Gasteiger partial charge in [0, 0.05) is 9.65 Å². The molecule has 4 atom stereocenters. The predicted octanol–water partition coefficient (Wildman–Crippen LogP) is 2.20. The van der Waals surface area contributed by atoms with E-state index in [0.717, 1.165) is 12.8 Å². The van der Waals surface area contributed by atoms with Crippen molar-refractivity contribution in [1.82, 2.24) is 5.32 Å². The number of β-lactam (4-membered cyclic amide) rings is 1. The van der Waals surface area contributed by atoms with Gasteiger partial charge in [-0.1, -0.05) is 31.9 Å². The number of carbonyl (C=O) groups excluding carboxylic acids is 1. The normalized spacial score (nSPS) is 54.9. The third-order valence-corrected chi connectivity index (χ3v) is 6.34. The number of alkyl halides is 2. The molecule has 0 unspecified atom stereocenters. The number of carbonyl (C=O) groups is 1. The topological polar surface area (TPSA) is 29.1 Å². The lowest BCUT2D eigenvalue weighted by atomic mass is 9.56. The summed E-state index contributed by atoms with van der Waals surface area (Å²) in [7, 11) is 0. The highest BCUT2D eigenvalue weighted by Crippen LogP contribution is 2.53. The maximum absolute atomic E-state index is 11.5. The fourth-order valence-corrected chi connectivity index (χ4v) is 4.01. The standard InChI is InChI=1S/C9H13Br2NO/c1-8-3-5(10)6(11)4-9(8,2)12-7(8)13/h5-6H,3-4H2,1-2H3,(H,12,13)/t5-,6+,8+,9+/m1/s1. The Morgan fingerprint density at radius 3 is 2.38 bits per heavy atom. The molecular weight excluding hydrogens is 298 g/mol. The van der Waals surface area contributed by atoms with Crippen molar-refractivity contribution in [1.29, 1.82) is 0 Å². The number of amides is 1. The predicted molar refractivity (Wildman–Crippen MR) is 59.3 cm³/mol. The van der Waals surface area contributed by atoms with Crippen LogP contribution in [-0.2, 0) is 4.79 Å². The number of rotatable bonds is 0. The van der Waals surface area contributed by atoms with Crippen LogP contribution in [0.2, 0.25) is 0 Å². The minimum absolute atomic E-state index is 0.00250. The molecule has 1 N–H and O–H groups in total.